The highest BCUT2D eigenvalue weighted by molar-refractivity contribution is 6.31. The fourth-order valence-corrected chi connectivity index (χ4v) is 3.05. The molecule has 1 aromatic heterocycles. The normalized spacial score (nSPS) is 10.4. The zero-order valence-electron chi connectivity index (χ0n) is 16.2. The fraction of sp³-hybridized carbons (Fsp3) is 0.238. The molecular formula is C21H24ClN5O. The summed E-state index contributed by atoms with van der Waals surface area (Å²) in [5, 5.41) is 7.06. The van der Waals surface area contributed by atoms with E-state index in [2.05, 4.69) is 51.5 Å². The highest BCUT2D eigenvalue weighted by Crippen LogP contribution is 2.30. The summed E-state index contributed by atoms with van der Waals surface area (Å²) in [6, 6.07) is 15.5. The first-order valence-corrected chi connectivity index (χ1v) is 9.56. The number of rotatable bonds is 8. The Morgan fingerprint density at radius 1 is 1.00 bits per heavy atom. The molecule has 28 heavy (non-hydrogen) atoms. The summed E-state index contributed by atoms with van der Waals surface area (Å²) in [4.78, 5) is 11.1. The molecule has 2 N–H and O–H groups in total. The zero-order valence-corrected chi connectivity index (χ0v) is 17.0. The molecule has 0 fully saturated rings. The predicted molar refractivity (Wildman–Crippen MR) is 117 cm³/mol. The molecule has 0 amide bonds. The maximum Gasteiger partial charge on any atom is 0.229 e. The molecule has 0 aliphatic heterocycles. The number of ether oxygens (including phenoxy) is 1. The molecule has 0 bridgehead atoms. The summed E-state index contributed by atoms with van der Waals surface area (Å²) in [6.45, 7) is 6.27. The van der Waals surface area contributed by atoms with Crippen molar-refractivity contribution >= 4 is 40.4 Å². The Morgan fingerprint density at radius 2 is 1.75 bits per heavy atom. The van der Waals surface area contributed by atoms with Crippen molar-refractivity contribution in [3.63, 3.8) is 0 Å². The van der Waals surface area contributed by atoms with Crippen LogP contribution in [0.2, 0.25) is 5.02 Å². The van der Waals surface area contributed by atoms with Gasteiger partial charge >= 0.3 is 0 Å². The van der Waals surface area contributed by atoms with Gasteiger partial charge in [-0.15, -0.1) is 0 Å². The Balaban J connectivity index is 1.74. The smallest absolute Gasteiger partial charge is 0.229 e. The van der Waals surface area contributed by atoms with E-state index in [-0.39, 0.29) is 0 Å². The molecule has 1 heterocycles. The van der Waals surface area contributed by atoms with Crippen LogP contribution in [0.25, 0.3) is 0 Å². The fourth-order valence-electron chi connectivity index (χ4n) is 2.88. The molecule has 0 spiro atoms. The highest BCUT2D eigenvalue weighted by atomic mass is 35.5. The molecule has 0 saturated carbocycles. The number of benzene rings is 2. The van der Waals surface area contributed by atoms with Crippen molar-refractivity contribution in [2.24, 2.45) is 0 Å². The first-order chi connectivity index (χ1) is 13.6. The van der Waals surface area contributed by atoms with E-state index in [1.165, 1.54) is 5.69 Å². The first kappa shape index (κ1) is 19.8. The first-order valence-electron chi connectivity index (χ1n) is 9.18. The minimum atomic E-state index is 0.449. The molecule has 0 unspecified atom stereocenters. The van der Waals surface area contributed by atoms with Crippen LogP contribution >= 0.6 is 11.6 Å². The molecule has 0 radical (unpaired) electrons. The summed E-state index contributed by atoms with van der Waals surface area (Å²) >= 11 is 6.08. The van der Waals surface area contributed by atoms with Gasteiger partial charge in [-0.05, 0) is 62.4 Å². The van der Waals surface area contributed by atoms with Crippen molar-refractivity contribution in [1.82, 2.24) is 9.97 Å². The van der Waals surface area contributed by atoms with E-state index < -0.39 is 0 Å². The van der Waals surface area contributed by atoms with Gasteiger partial charge in [0.1, 0.15) is 11.6 Å². The summed E-state index contributed by atoms with van der Waals surface area (Å²) in [6.07, 6.45) is 1.69. The van der Waals surface area contributed by atoms with Crippen LogP contribution in [0.4, 0.5) is 28.8 Å². The third-order valence-corrected chi connectivity index (χ3v) is 4.57. The van der Waals surface area contributed by atoms with Gasteiger partial charge < -0.3 is 20.3 Å². The molecule has 0 atom stereocenters. The van der Waals surface area contributed by atoms with Gasteiger partial charge in [-0.1, -0.05) is 11.6 Å². The number of hydrogen-bond donors (Lipinski definition) is 2. The van der Waals surface area contributed by atoms with Crippen LogP contribution in [0.15, 0.2) is 54.7 Å². The van der Waals surface area contributed by atoms with E-state index in [1.54, 1.807) is 31.5 Å². The van der Waals surface area contributed by atoms with Gasteiger partial charge in [0.15, 0.2) is 0 Å². The van der Waals surface area contributed by atoms with Crippen LogP contribution in [0.1, 0.15) is 13.8 Å². The Labute approximate surface area is 170 Å². The van der Waals surface area contributed by atoms with Gasteiger partial charge in [-0.3, -0.25) is 0 Å². The average molecular weight is 398 g/mol. The van der Waals surface area contributed by atoms with E-state index in [1.807, 2.05) is 18.2 Å². The molecule has 3 rings (SSSR count). The molecule has 0 saturated heterocycles. The molecule has 2 aromatic carbocycles. The Morgan fingerprint density at radius 3 is 2.43 bits per heavy atom. The van der Waals surface area contributed by atoms with E-state index >= 15 is 0 Å². The van der Waals surface area contributed by atoms with Crippen LogP contribution in [-0.2, 0) is 0 Å². The van der Waals surface area contributed by atoms with Crippen molar-refractivity contribution in [3.8, 4) is 5.75 Å². The van der Waals surface area contributed by atoms with Gasteiger partial charge in [0.2, 0.25) is 5.95 Å². The molecule has 146 valence electrons. The summed E-state index contributed by atoms with van der Waals surface area (Å²) in [5.74, 6) is 1.80. The number of hydrogen-bond acceptors (Lipinski definition) is 6. The Hall–Kier alpha value is -2.99. The number of nitrogens with zero attached hydrogens (tertiary/aromatic N) is 3. The van der Waals surface area contributed by atoms with E-state index in [0.717, 1.165) is 18.8 Å². The minimum Gasteiger partial charge on any atom is -0.495 e. The summed E-state index contributed by atoms with van der Waals surface area (Å²) in [7, 11) is 1.61. The number of methoxy groups -OCH3 is 1. The number of anilines is 5. The number of halogens is 1. The van der Waals surface area contributed by atoms with Gasteiger partial charge in [-0.2, -0.15) is 4.98 Å². The van der Waals surface area contributed by atoms with Crippen LogP contribution in [-0.4, -0.2) is 30.2 Å². The number of aromatic nitrogens is 2. The van der Waals surface area contributed by atoms with Crippen LogP contribution < -0.4 is 20.3 Å². The van der Waals surface area contributed by atoms with Gasteiger partial charge in [0.25, 0.3) is 0 Å². The number of nitrogens with one attached hydrogen (secondary N) is 2. The third kappa shape index (κ3) is 4.84. The molecule has 3 aromatic rings. The average Bonchev–Trinajstić information content (AvgIpc) is 2.71. The summed E-state index contributed by atoms with van der Waals surface area (Å²) < 4.78 is 5.35. The molecule has 7 heteroatoms. The Bertz CT molecular complexity index is 913. The second-order valence-electron chi connectivity index (χ2n) is 6.08. The van der Waals surface area contributed by atoms with Crippen molar-refractivity contribution in [3.05, 3.63) is 59.8 Å². The third-order valence-electron chi connectivity index (χ3n) is 4.33. The van der Waals surface area contributed by atoms with Crippen LogP contribution in [0.3, 0.4) is 0 Å². The van der Waals surface area contributed by atoms with E-state index in [9.17, 15) is 0 Å². The van der Waals surface area contributed by atoms with Gasteiger partial charge in [0, 0.05) is 35.7 Å². The monoisotopic (exact) mass is 397 g/mol. The van der Waals surface area contributed by atoms with Crippen molar-refractivity contribution in [2.45, 2.75) is 13.8 Å². The Kier molecular flexibility index (Phi) is 6.55. The van der Waals surface area contributed by atoms with E-state index in [0.29, 0.717) is 28.2 Å². The molecular weight excluding hydrogens is 374 g/mol. The van der Waals surface area contributed by atoms with Crippen LogP contribution in [0.5, 0.6) is 5.75 Å². The lowest BCUT2D eigenvalue weighted by atomic mass is 10.2. The lowest BCUT2D eigenvalue weighted by molar-refractivity contribution is 0.417. The topological polar surface area (TPSA) is 62.3 Å². The molecule has 0 aliphatic rings. The van der Waals surface area contributed by atoms with Crippen molar-refractivity contribution in [1.29, 1.82) is 0 Å². The van der Waals surface area contributed by atoms with Gasteiger partial charge in [0.05, 0.1) is 12.8 Å². The van der Waals surface area contributed by atoms with Gasteiger partial charge in [-0.25, -0.2) is 4.98 Å². The molecule has 0 aliphatic carbocycles. The maximum absolute atomic E-state index is 6.08. The second-order valence-corrected chi connectivity index (χ2v) is 6.52. The minimum absolute atomic E-state index is 0.449. The largest absolute Gasteiger partial charge is 0.495 e. The summed E-state index contributed by atoms with van der Waals surface area (Å²) in [5.41, 5.74) is 2.87. The maximum atomic E-state index is 6.08. The van der Waals surface area contributed by atoms with E-state index in [4.69, 9.17) is 16.3 Å². The van der Waals surface area contributed by atoms with Crippen molar-refractivity contribution < 1.29 is 4.74 Å². The quantitative estimate of drug-likeness (QED) is 0.525. The lowest BCUT2D eigenvalue weighted by Crippen LogP contribution is -2.21. The molecule has 6 nitrogen and oxygen atoms in total. The van der Waals surface area contributed by atoms with Crippen molar-refractivity contribution in [2.75, 3.05) is 35.7 Å². The standard InChI is InChI=1S/C21H24ClN5O/c1-4-27(5-2)17-9-7-16(8-10-17)24-20-12-13-23-21(26-20)25-18-14-15(22)6-11-19(18)28-3/h6-14H,4-5H2,1-3H3,(H2,23,24,25,26). The van der Waals surface area contributed by atoms with Crippen LogP contribution in [0, 0.1) is 0 Å². The SMILES string of the molecule is CCN(CC)c1ccc(Nc2ccnc(Nc3cc(Cl)ccc3OC)n2)cc1. The highest BCUT2D eigenvalue weighted by Gasteiger charge is 2.07. The predicted octanol–water partition coefficient (Wildman–Crippen LogP) is 5.47. The lowest BCUT2D eigenvalue weighted by Gasteiger charge is -2.21. The second kappa shape index (κ2) is 9.28. The zero-order chi connectivity index (χ0) is 19.9.